The number of anilines is 1. The molecule has 3 aliphatic heterocycles. The maximum Gasteiger partial charge on any atom is 0.263 e. The maximum atomic E-state index is 13.5. The summed E-state index contributed by atoms with van der Waals surface area (Å²) in [6, 6.07) is 12.0. The number of morpholine rings is 1. The number of nitrogens with zero attached hydrogens (tertiary/aromatic N) is 2. The van der Waals surface area contributed by atoms with Gasteiger partial charge in [0.05, 0.1) is 43.5 Å². The van der Waals surface area contributed by atoms with Crippen molar-refractivity contribution in [2.24, 2.45) is 17.8 Å². The fraction of sp³-hybridized carbons (Fsp3) is 0.605. The standard InChI is InChI=1S/C38H50ClN3O5S/c1-26-5-3-7-35(46-20-17-41-15-18-45-19-16-41)32-11-8-30(32)23-42-24-38(14-4-6-28-21-31(39)10-12-33(28)38)25-47-36-13-9-29(22-34(36)42)37(43)40-48(44)27(26)2/h3,7,9-10,12-13,21-22,26-27,30,32,35H,4-6,8,11,14-20,23-25H2,1-2H3,(H,40,43)/b7-3+/t26?,27?,30?,32?,35?,38-,48?/m0/s1. The topological polar surface area (TPSA) is 80.3 Å². The van der Waals surface area contributed by atoms with Crippen molar-refractivity contribution in [2.75, 3.05) is 64.1 Å². The summed E-state index contributed by atoms with van der Waals surface area (Å²) >= 11 is 6.47. The molecular formula is C38H50ClN3O5S. The van der Waals surface area contributed by atoms with E-state index in [0.29, 0.717) is 30.6 Å². The molecule has 3 heterocycles. The lowest BCUT2D eigenvalue weighted by Gasteiger charge is -2.46. The van der Waals surface area contributed by atoms with E-state index in [1.165, 1.54) is 11.1 Å². The third-order valence-electron chi connectivity index (χ3n) is 11.6. The highest BCUT2D eigenvalue weighted by Crippen LogP contribution is 2.47. The number of rotatable bonds is 4. The summed E-state index contributed by atoms with van der Waals surface area (Å²) in [4.78, 5) is 18.4. The number of aryl methyl sites for hydroxylation is 1. The minimum absolute atomic E-state index is 0.0194. The van der Waals surface area contributed by atoms with Gasteiger partial charge in [-0.2, -0.15) is 0 Å². The normalized spacial score (nSPS) is 33.4. The lowest BCUT2D eigenvalue weighted by molar-refractivity contribution is -0.0315. The van der Waals surface area contributed by atoms with Crippen molar-refractivity contribution in [1.82, 2.24) is 9.62 Å². The number of hydrogen-bond donors (Lipinski definition) is 1. The Hall–Kier alpha value is -2.43. The molecule has 8 nitrogen and oxygen atoms in total. The molecule has 5 aliphatic rings. The van der Waals surface area contributed by atoms with Crippen molar-refractivity contribution in [3.05, 3.63) is 70.3 Å². The Kier molecular flexibility index (Phi) is 10.5. The van der Waals surface area contributed by atoms with Gasteiger partial charge in [-0.05, 0) is 105 Å². The number of carbonyl (C=O) groups is 1. The number of nitrogens with one attached hydrogen (secondary N) is 1. The Morgan fingerprint density at radius 3 is 2.79 bits per heavy atom. The van der Waals surface area contributed by atoms with Crippen molar-refractivity contribution in [2.45, 2.75) is 69.1 Å². The third kappa shape index (κ3) is 7.22. The predicted octanol–water partition coefficient (Wildman–Crippen LogP) is 5.93. The van der Waals surface area contributed by atoms with Crippen LogP contribution in [0.5, 0.6) is 5.75 Å². The van der Waals surface area contributed by atoms with Gasteiger partial charge in [-0.3, -0.25) is 14.4 Å². The van der Waals surface area contributed by atoms with Gasteiger partial charge in [-0.1, -0.05) is 36.7 Å². The number of benzene rings is 2. The van der Waals surface area contributed by atoms with Gasteiger partial charge in [-0.25, -0.2) is 4.21 Å². The van der Waals surface area contributed by atoms with Gasteiger partial charge in [0.2, 0.25) is 0 Å². The monoisotopic (exact) mass is 695 g/mol. The van der Waals surface area contributed by atoms with Crippen LogP contribution in [-0.2, 0) is 32.3 Å². The van der Waals surface area contributed by atoms with E-state index in [1.54, 1.807) is 6.07 Å². The second kappa shape index (κ2) is 14.8. The van der Waals surface area contributed by atoms with Crippen molar-refractivity contribution in [3.63, 3.8) is 0 Å². The van der Waals surface area contributed by atoms with E-state index in [9.17, 15) is 9.00 Å². The second-order valence-corrected chi connectivity index (χ2v) is 16.6. The van der Waals surface area contributed by atoms with Crippen LogP contribution in [0.4, 0.5) is 5.69 Å². The first-order valence-electron chi connectivity index (χ1n) is 17.9. The Morgan fingerprint density at radius 2 is 1.98 bits per heavy atom. The molecule has 2 aromatic rings. The number of hydrogen-bond acceptors (Lipinski definition) is 7. The average Bonchev–Trinajstić information content (AvgIpc) is 3.22. The van der Waals surface area contributed by atoms with Crippen LogP contribution < -0.4 is 14.4 Å². The molecule has 7 rings (SSSR count). The van der Waals surface area contributed by atoms with Gasteiger partial charge in [0.25, 0.3) is 5.91 Å². The van der Waals surface area contributed by atoms with Crippen molar-refractivity contribution >= 4 is 34.2 Å². The van der Waals surface area contributed by atoms with Crippen molar-refractivity contribution < 1.29 is 23.2 Å². The van der Waals surface area contributed by atoms with Crippen LogP contribution in [0.2, 0.25) is 5.02 Å². The third-order valence-corrected chi connectivity index (χ3v) is 13.4. The van der Waals surface area contributed by atoms with Crippen LogP contribution in [-0.4, -0.2) is 85.5 Å². The van der Waals surface area contributed by atoms with Gasteiger partial charge < -0.3 is 19.1 Å². The Morgan fingerprint density at radius 1 is 1.12 bits per heavy atom. The average molecular weight is 696 g/mol. The van der Waals surface area contributed by atoms with E-state index in [2.05, 4.69) is 45.7 Å². The van der Waals surface area contributed by atoms with Crippen LogP contribution in [0.1, 0.15) is 67.4 Å². The highest BCUT2D eigenvalue weighted by atomic mass is 35.5. The molecule has 1 spiro atoms. The molecule has 6 unspecified atom stereocenters. The Bertz CT molecular complexity index is 1530. The van der Waals surface area contributed by atoms with Gasteiger partial charge >= 0.3 is 0 Å². The van der Waals surface area contributed by atoms with E-state index < -0.39 is 11.0 Å². The van der Waals surface area contributed by atoms with Crippen LogP contribution in [0, 0.1) is 17.8 Å². The zero-order chi connectivity index (χ0) is 33.3. The summed E-state index contributed by atoms with van der Waals surface area (Å²) in [6.07, 6.45) is 10.7. The Balaban J connectivity index is 1.22. The van der Waals surface area contributed by atoms with Gasteiger partial charge in [0.15, 0.2) is 0 Å². The first-order valence-corrected chi connectivity index (χ1v) is 19.5. The number of allylic oxidation sites excluding steroid dienone is 1. The molecule has 2 aliphatic carbocycles. The number of ether oxygens (including phenoxy) is 3. The molecule has 48 heavy (non-hydrogen) atoms. The maximum absolute atomic E-state index is 13.5. The van der Waals surface area contributed by atoms with E-state index in [-0.39, 0.29) is 28.6 Å². The minimum Gasteiger partial charge on any atom is -0.490 e. The fourth-order valence-electron chi connectivity index (χ4n) is 8.33. The second-order valence-electron chi connectivity index (χ2n) is 14.7. The Labute approximate surface area is 293 Å². The van der Waals surface area contributed by atoms with Crippen LogP contribution in [0.3, 0.4) is 0 Å². The van der Waals surface area contributed by atoms with Gasteiger partial charge in [-0.15, -0.1) is 0 Å². The summed E-state index contributed by atoms with van der Waals surface area (Å²) in [6.45, 7) is 11.3. The summed E-state index contributed by atoms with van der Waals surface area (Å²) < 4.78 is 35.1. The molecule has 0 radical (unpaired) electrons. The quantitative estimate of drug-likeness (QED) is 0.397. The first-order chi connectivity index (χ1) is 23.3. The number of fused-ring (bicyclic) bond motifs is 4. The molecule has 1 saturated carbocycles. The van der Waals surface area contributed by atoms with Crippen molar-refractivity contribution in [3.8, 4) is 5.75 Å². The number of carbonyl (C=O) groups excluding carboxylic acids is 1. The molecule has 2 bridgehead atoms. The van der Waals surface area contributed by atoms with E-state index in [4.69, 9.17) is 25.8 Å². The first kappa shape index (κ1) is 34.0. The molecule has 2 aromatic carbocycles. The smallest absolute Gasteiger partial charge is 0.263 e. The summed E-state index contributed by atoms with van der Waals surface area (Å²) in [5, 5.41) is 0.569. The fourth-order valence-corrected chi connectivity index (χ4v) is 9.54. The molecule has 2 fully saturated rings. The van der Waals surface area contributed by atoms with Gasteiger partial charge in [0, 0.05) is 48.7 Å². The van der Waals surface area contributed by atoms with E-state index in [1.807, 2.05) is 25.1 Å². The highest BCUT2D eigenvalue weighted by molar-refractivity contribution is 7.84. The molecule has 10 heteroatoms. The SMILES string of the molecule is CC1C/C=C/C(OCCN2CCOCC2)C2CCC2CN2C[C@@]3(CCCc4cc(Cl)ccc43)COc3ccc(cc32)C(=O)NS(=O)C1C. The van der Waals surface area contributed by atoms with Crippen LogP contribution >= 0.6 is 11.6 Å². The highest BCUT2D eigenvalue weighted by Gasteiger charge is 2.44. The summed E-state index contributed by atoms with van der Waals surface area (Å²) in [5.41, 5.74) is 3.88. The molecule has 260 valence electrons. The summed E-state index contributed by atoms with van der Waals surface area (Å²) in [7, 11) is -1.52. The van der Waals surface area contributed by atoms with E-state index in [0.717, 1.165) is 101 Å². The number of halogens is 1. The molecule has 7 atom stereocenters. The lowest BCUT2D eigenvalue weighted by atomic mass is 9.68. The van der Waals surface area contributed by atoms with Crippen LogP contribution in [0.15, 0.2) is 48.6 Å². The largest absolute Gasteiger partial charge is 0.490 e. The number of amides is 1. The predicted molar refractivity (Wildman–Crippen MR) is 191 cm³/mol. The van der Waals surface area contributed by atoms with E-state index >= 15 is 0 Å². The van der Waals surface area contributed by atoms with Gasteiger partial charge in [0.1, 0.15) is 16.7 Å². The lowest BCUT2D eigenvalue weighted by Crippen LogP contribution is -2.50. The molecule has 0 aromatic heterocycles. The zero-order valence-corrected chi connectivity index (χ0v) is 29.9. The molecule has 1 amide bonds. The minimum atomic E-state index is -1.52. The molecule has 1 saturated heterocycles. The summed E-state index contributed by atoms with van der Waals surface area (Å²) in [5.74, 6) is 1.44. The molecular weight excluding hydrogens is 646 g/mol. The van der Waals surface area contributed by atoms with Crippen LogP contribution in [0.25, 0.3) is 0 Å². The van der Waals surface area contributed by atoms with Crippen molar-refractivity contribution in [1.29, 1.82) is 0 Å². The zero-order valence-electron chi connectivity index (χ0n) is 28.3. The molecule has 1 N–H and O–H groups in total.